The fourth-order valence-electron chi connectivity index (χ4n) is 3.01. The van der Waals surface area contributed by atoms with Crippen LogP contribution in [-0.2, 0) is 14.8 Å². The Balaban J connectivity index is 1.82. The van der Waals surface area contributed by atoms with E-state index in [1.54, 1.807) is 0 Å². The maximum atomic E-state index is 13.0. The minimum atomic E-state index is -3.74. The van der Waals surface area contributed by atoms with Crippen molar-refractivity contribution in [2.24, 2.45) is 0 Å². The van der Waals surface area contributed by atoms with Crippen LogP contribution in [0.15, 0.2) is 53.4 Å². The smallest absolute Gasteiger partial charge is 0.255 e. The first-order valence-electron chi connectivity index (χ1n) is 8.58. The highest BCUT2D eigenvalue weighted by molar-refractivity contribution is 7.89. The molecule has 1 saturated heterocycles. The van der Waals surface area contributed by atoms with Crippen LogP contribution in [0, 0.1) is 5.82 Å². The van der Waals surface area contributed by atoms with E-state index >= 15 is 0 Å². The lowest BCUT2D eigenvalue weighted by Crippen LogP contribution is -2.48. The van der Waals surface area contributed by atoms with Crippen molar-refractivity contribution in [3.05, 3.63) is 59.9 Å². The SMILES string of the molecule is C[C@@H]1CN(S(=O)(=O)c2cccc(C(=O)Nc3ccc(F)cc3)c2)C[C@H](C)O1. The zero-order valence-corrected chi connectivity index (χ0v) is 15.9. The Labute approximate surface area is 158 Å². The van der Waals surface area contributed by atoms with E-state index in [1.165, 1.54) is 52.8 Å². The van der Waals surface area contributed by atoms with Gasteiger partial charge in [-0.2, -0.15) is 4.31 Å². The molecule has 3 rings (SSSR count). The van der Waals surface area contributed by atoms with Crippen LogP contribution in [0.5, 0.6) is 0 Å². The van der Waals surface area contributed by atoms with Gasteiger partial charge in [-0.3, -0.25) is 4.79 Å². The molecule has 1 amide bonds. The van der Waals surface area contributed by atoms with Crippen molar-refractivity contribution < 1.29 is 22.3 Å². The van der Waals surface area contributed by atoms with Crippen LogP contribution in [0.4, 0.5) is 10.1 Å². The number of hydrogen-bond donors (Lipinski definition) is 1. The van der Waals surface area contributed by atoms with Gasteiger partial charge >= 0.3 is 0 Å². The first-order chi connectivity index (χ1) is 12.8. The van der Waals surface area contributed by atoms with Crippen LogP contribution in [0.1, 0.15) is 24.2 Å². The monoisotopic (exact) mass is 392 g/mol. The molecule has 0 aliphatic carbocycles. The number of nitrogens with zero attached hydrogens (tertiary/aromatic N) is 1. The molecule has 1 heterocycles. The predicted octanol–water partition coefficient (Wildman–Crippen LogP) is 2.88. The van der Waals surface area contributed by atoms with Gasteiger partial charge in [0.05, 0.1) is 17.1 Å². The van der Waals surface area contributed by atoms with Crippen molar-refractivity contribution in [1.82, 2.24) is 4.31 Å². The molecule has 1 aliphatic rings. The Morgan fingerprint density at radius 3 is 2.37 bits per heavy atom. The summed E-state index contributed by atoms with van der Waals surface area (Å²) < 4.78 is 45.8. The Morgan fingerprint density at radius 1 is 1.11 bits per heavy atom. The second-order valence-electron chi connectivity index (χ2n) is 6.57. The van der Waals surface area contributed by atoms with Crippen LogP contribution in [0.2, 0.25) is 0 Å². The van der Waals surface area contributed by atoms with E-state index in [2.05, 4.69) is 5.32 Å². The largest absolute Gasteiger partial charge is 0.373 e. The minimum Gasteiger partial charge on any atom is -0.373 e. The lowest BCUT2D eigenvalue weighted by Gasteiger charge is -2.34. The van der Waals surface area contributed by atoms with E-state index in [9.17, 15) is 17.6 Å². The number of carbonyl (C=O) groups is 1. The van der Waals surface area contributed by atoms with Crippen molar-refractivity contribution >= 4 is 21.6 Å². The Hall–Kier alpha value is -2.29. The number of benzene rings is 2. The Morgan fingerprint density at radius 2 is 1.74 bits per heavy atom. The number of sulfonamides is 1. The number of anilines is 1. The zero-order chi connectivity index (χ0) is 19.6. The summed E-state index contributed by atoms with van der Waals surface area (Å²) in [5.74, 6) is -0.877. The van der Waals surface area contributed by atoms with E-state index in [4.69, 9.17) is 4.74 Å². The molecule has 2 aromatic rings. The van der Waals surface area contributed by atoms with E-state index in [0.717, 1.165) is 0 Å². The molecule has 2 aromatic carbocycles. The first-order valence-corrected chi connectivity index (χ1v) is 10.0. The standard InChI is InChI=1S/C19H21FN2O4S/c1-13-11-22(12-14(2)26-13)27(24,25)18-5-3-4-15(10-18)19(23)21-17-8-6-16(20)7-9-17/h3-10,13-14H,11-12H2,1-2H3,(H,21,23)/t13-,14+. The number of rotatable bonds is 4. The van der Waals surface area contributed by atoms with Gasteiger partial charge in [0, 0.05) is 24.3 Å². The van der Waals surface area contributed by atoms with Crippen LogP contribution in [0.3, 0.4) is 0 Å². The van der Waals surface area contributed by atoms with E-state index in [-0.39, 0.29) is 35.8 Å². The summed E-state index contributed by atoms with van der Waals surface area (Å²) in [6.07, 6.45) is -0.401. The molecule has 0 saturated carbocycles. The molecular weight excluding hydrogens is 371 g/mol. The topological polar surface area (TPSA) is 75.7 Å². The fraction of sp³-hybridized carbons (Fsp3) is 0.316. The molecular formula is C19H21FN2O4S. The van der Waals surface area contributed by atoms with Crippen LogP contribution in [0.25, 0.3) is 0 Å². The number of morpholine rings is 1. The number of carbonyl (C=O) groups excluding carboxylic acids is 1. The third-order valence-corrected chi connectivity index (χ3v) is 6.05. The van der Waals surface area contributed by atoms with Gasteiger partial charge in [0.2, 0.25) is 10.0 Å². The summed E-state index contributed by atoms with van der Waals surface area (Å²) in [4.78, 5) is 12.5. The molecule has 0 aromatic heterocycles. The highest BCUT2D eigenvalue weighted by Gasteiger charge is 2.32. The van der Waals surface area contributed by atoms with Crippen molar-refractivity contribution in [3.8, 4) is 0 Å². The van der Waals surface area contributed by atoms with Gasteiger partial charge in [-0.05, 0) is 56.3 Å². The molecule has 1 N–H and O–H groups in total. The van der Waals surface area contributed by atoms with E-state index in [1.807, 2.05) is 13.8 Å². The van der Waals surface area contributed by atoms with Gasteiger partial charge < -0.3 is 10.1 Å². The highest BCUT2D eigenvalue weighted by atomic mass is 32.2. The molecule has 144 valence electrons. The average Bonchev–Trinajstić information content (AvgIpc) is 2.63. The predicted molar refractivity (Wildman–Crippen MR) is 99.6 cm³/mol. The summed E-state index contributed by atoms with van der Waals surface area (Å²) in [6.45, 7) is 4.17. The van der Waals surface area contributed by atoms with Gasteiger partial charge in [0.15, 0.2) is 0 Å². The van der Waals surface area contributed by atoms with Gasteiger partial charge in [-0.1, -0.05) is 6.07 Å². The average molecular weight is 392 g/mol. The highest BCUT2D eigenvalue weighted by Crippen LogP contribution is 2.22. The van der Waals surface area contributed by atoms with Crippen molar-refractivity contribution in [2.75, 3.05) is 18.4 Å². The molecule has 1 fully saturated rings. The third-order valence-electron chi connectivity index (χ3n) is 4.22. The molecule has 2 atom stereocenters. The number of halogens is 1. The van der Waals surface area contributed by atoms with Gasteiger partial charge in [0.25, 0.3) is 5.91 Å². The molecule has 6 nitrogen and oxygen atoms in total. The van der Waals surface area contributed by atoms with Crippen molar-refractivity contribution in [1.29, 1.82) is 0 Å². The lowest BCUT2D eigenvalue weighted by molar-refractivity contribution is -0.0440. The van der Waals surface area contributed by atoms with E-state index < -0.39 is 21.7 Å². The number of nitrogens with one attached hydrogen (secondary N) is 1. The third kappa shape index (κ3) is 4.52. The first kappa shape index (κ1) is 19.5. The Bertz CT molecular complexity index is 921. The number of hydrogen-bond acceptors (Lipinski definition) is 4. The lowest BCUT2D eigenvalue weighted by atomic mass is 10.2. The second-order valence-corrected chi connectivity index (χ2v) is 8.51. The maximum absolute atomic E-state index is 13.0. The normalized spacial score (nSPS) is 21.0. The number of amides is 1. The fourth-order valence-corrected chi connectivity index (χ4v) is 4.65. The maximum Gasteiger partial charge on any atom is 0.255 e. The van der Waals surface area contributed by atoms with Gasteiger partial charge in [-0.25, -0.2) is 12.8 Å². The molecule has 0 unspecified atom stereocenters. The van der Waals surface area contributed by atoms with Crippen molar-refractivity contribution in [3.63, 3.8) is 0 Å². The molecule has 8 heteroatoms. The van der Waals surface area contributed by atoms with E-state index in [0.29, 0.717) is 5.69 Å². The number of ether oxygens (including phenoxy) is 1. The molecule has 27 heavy (non-hydrogen) atoms. The summed E-state index contributed by atoms with van der Waals surface area (Å²) in [5, 5.41) is 2.62. The molecule has 1 aliphatic heterocycles. The van der Waals surface area contributed by atoms with Crippen LogP contribution >= 0.6 is 0 Å². The van der Waals surface area contributed by atoms with Crippen LogP contribution in [-0.4, -0.2) is 43.9 Å². The summed E-state index contributed by atoms with van der Waals surface area (Å²) in [5.41, 5.74) is 0.625. The van der Waals surface area contributed by atoms with Gasteiger partial charge in [-0.15, -0.1) is 0 Å². The molecule has 0 bridgehead atoms. The summed E-state index contributed by atoms with van der Waals surface area (Å²) >= 11 is 0. The second kappa shape index (κ2) is 7.75. The summed E-state index contributed by atoms with van der Waals surface area (Å²) in [7, 11) is -3.74. The summed E-state index contributed by atoms with van der Waals surface area (Å²) in [6, 6.07) is 11.2. The molecule has 0 spiro atoms. The quantitative estimate of drug-likeness (QED) is 0.868. The van der Waals surface area contributed by atoms with Gasteiger partial charge in [0.1, 0.15) is 5.82 Å². The van der Waals surface area contributed by atoms with Crippen LogP contribution < -0.4 is 5.32 Å². The molecule has 0 radical (unpaired) electrons. The minimum absolute atomic E-state index is 0.0514. The Kier molecular flexibility index (Phi) is 5.59. The zero-order valence-electron chi connectivity index (χ0n) is 15.1. The van der Waals surface area contributed by atoms with Crippen molar-refractivity contribution in [2.45, 2.75) is 31.0 Å².